The maximum Gasteiger partial charge on any atom is 0.416 e. The quantitative estimate of drug-likeness (QED) is 0.700. The molecule has 1 aliphatic rings. The maximum absolute atomic E-state index is 12.9. The number of sulfonamides is 2. The average Bonchev–Trinajstić information content (AvgIpc) is 2.67. The van der Waals surface area contributed by atoms with Crippen molar-refractivity contribution in [3.05, 3.63) is 59.2 Å². The molecule has 1 saturated heterocycles. The third-order valence-electron chi connectivity index (χ3n) is 4.97. The third kappa shape index (κ3) is 4.39. The van der Waals surface area contributed by atoms with Crippen molar-refractivity contribution in [2.24, 2.45) is 0 Å². The van der Waals surface area contributed by atoms with Crippen molar-refractivity contribution >= 4 is 20.0 Å². The lowest BCUT2D eigenvalue weighted by molar-refractivity contribution is -0.137. The Morgan fingerprint density at radius 2 is 1.27 bits per heavy atom. The summed E-state index contributed by atoms with van der Waals surface area (Å²) < 4.78 is 91.7. The molecule has 0 aliphatic carbocycles. The fourth-order valence-electron chi connectivity index (χ4n) is 3.34. The molecule has 0 aromatic heterocycles. The van der Waals surface area contributed by atoms with Crippen LogP contribution >= 0.6 is 0 Å². The van der Waals surface area contributed by atoms with Crippen LogP contribution in [0.2, 0.25) is 0 Å². The minimum absolute atomic E-state index is 0.0461. The molecule has 30 heavy (non-hydrogen) atoms. The van der Waals surface area contributed by atoms with E-state index in [2.05, 4.69) is 0 Å². The normalized spacial score (nSPS) is 17.2. The molecule has 0 saturated carbocycles. The molecule has 0 amide bonds. The molecule has 6 nitrogen and oxygen atoms in total. The van der Waals surface area contributed by atoms with Gasteiger partial charge in [-0.15, -0.1) is 0 Å². The van der Waals surface area contributed by atoms with Crippen molar-refractivity contribution in [1.82, 2.24) is 8.61 Å². The van der Waals surface area contributed by atoms with E-state index < -0.39 is 31.8 Å². The number of alkyl halides is 3. The SMILES string of the molecule is Cc1ccc(S(=O)(=O)N2CCN(S(=O)(=O)c3ccc(C(F)(F)F)cc3)CC2)c(C)c1. The Morgan fingerprint density at radius 1 is 0.767 bits per heavy atom. The monoisotopic (exact) mass is 462 g/mol. The highest BCUT2D eigenvalue weighted by Gasteiger charge is 2.35. The highest BCUT2D eigenvalue weighted by Crippen LogP contribution is 2.30. The Hall–Kier alpha value is -1.95. The van der Waals surface area contributed by atoms with Crippen LogP contribution in [0.15, 0.2) is 52.3 Å². The van der Waals surface area contributed by atoms with E-state index in [1.165, 1.54) is 10.4 Å². The Kier molecular flexibility index (Phi) is 6.02. The second-order valence-corrected chi connectivity index (χ2v) is 10.9. The van der Waals surface area contributed by atoms with E-state index in [0.29, 0.717) is 17.7 Å². The van der Waals surface area contributed by atoms with Gasteiger partial charge in [0.15, 0.2) is 0 Å². The van der Waals surface area contributed by atoms with E-state index >= 15 is 0 Å². The summed E-state index contributed by atoms with van der Waals surface area (Å²) in [5.41, 5.74) is 0.597. The maximum atomic E-state index is 12.9. The number of aryl methyl sites for hydroxylation is 2. The van der Waals surface area contributed by atoms with Crippen molar-refractivity contribution in [2.75, 3.05) is 26.2 Å². The molecule has 1 aliphatic heterocycles. The first-order valence-electron chi connectivity index (χ1n) is 9.08. The smallest absolute Gasteiger partial charge is 0.207 e. The summed E-state index contributed by atoms with van der Waals surface area (Å²) in [6, 6.07) is 8.25. The van der Waals surface area contributed by atoms with Gasteiger partial charge in [0.2, 0.25) is 20.0 Å². The van der Waals surface area contributed by atoms with Crippen LogP contribution in [0.1, 0.15) is 16.7 Å². The molecule has 0 bridgehead atoms. The molecule has 0 atom stereocenters. The van der Waals surface area contributed by atoms with E-state index in [-0.39, 0.29) is 36.0 Å². The topological polar surface area (TPSA) is 74.8 Å². The first-order chi connectivity index (χ1) is 13.8. The molecule has 2 aromatic rings. The van der Waals surface area contributed by atoms with E-state index in [1.54, 1.807) is 19.1 Å². The van der Waals surface area contributed by atoms with Crippen LogP contribution in [0.4, 0.5) is 13.2 Å². The van der Waals surface area contributed by atoms with Crippen LogP contribution in [0, 0.1) is 13.8 Å². The summed E-state index contributed by atoms with van der Waals surface area (Å²) in [5.74, 6) is 0. The van der Waals surface area contributed by atoms with Gasteiger partial charge in [-0.25, -0.2) is 16.8 Å². The van der Waals surface area contributed by atoms with Gasteiger partial charge in [-0.2, -0.15) is 21.8 Å². The molecular formula is C19H21F3N2O4S2. The molecule has 11 heteroatoms. The van der Waals surface area contributed by atoms with Gasteiger partial charge in [0.25, 0.3) is 0 Å². The Bertz CT molecular complexity index is 1140. The lowest BCUT2D eigenvalue weighted by Gasteiger charge is -2.33. The second-order valence-electron chi connectivity index (χ2n) is 7.10. The summed E-state index contributed by atoms with van der Waals surface area (Å²) in [7, 11) is -7.81. The average molecular weight is 463 g/mol. The second kappa shape index (κ2) is 7.95. The Labute approximate surface area is 174 Å². The number of benzene rings is 2. The van der Waals surface area contributed by atoms with Crippen molar-refractivity contribution in [3.8, 4) is 0 Å². The molecule has 0 N–H and O–H groups in total. The minimum Gasteiger partial charge on any atom is -0.207 e. The summed E-state index contributed by atoms with van der Waals surface area (Å²) in [6.07, 6.45) is -4.56. The van der Waals surface area contributed by atoms with Crippen molar-refractivity contribution in [1.29, 1.82) is 0 Å². The molecule has 3 rings (SSSR count). The van der Waals surface area contributed by atoms with Crippen LogP contribution in [-0.4, -0.2) is 51.6 Å². The van der Waals surface area contributed by atoms with Crippen molar-refractivity contribution in [3.63, 3.8) is 0 Å². The van der Waals surface area contributed by atoms with Gasteiger partial charge in [-0.3, -0.25) is 0 Å². The molecule has 1 fully saturated rings. The number of hydrogen-bond acceptors (Lipinski definition) is 4. The molecule has 0 unspecified atom stereocenters. The third-order valence-corrected chi connectivity index (χ3v) is 8.94. The summed E-state index contributed by atoms with van der Waals surface area (Å²) in [4.78, 5) is -0.0895. The highest BCUT2D eigenvalue weighted by molar-refractivity contribution is 7.89. The predicted molar refractivity (Wildman–Crippen MR) is 105 cm³/mol. The first kappa shape index (κ1) is 22.7. The standard InChI is InChI=1S/C19H21F3N2O4S2/c1-14-3-8-18(15(2)13-14)30(27,28)24-11-9-23(10-12-24)29(25,26)17-6-4-16(5-7-17)19(20,21)22/h3-8,13H,9-12H2,1-2H3. The minimum atomic E-state index is -4.56. The Balaban J connectivity index is 1.76. The molecule has 0 spiro atoms. The number of halogens is 3. The molecule has 164 valence electrons. The van der Waals surface area contributed by atoms with Crippen LogP contribution in [0.25, 0.3) is 0 Å². The highest BCUT2D eigenvalue weighted by atomic mass is 32.2. The van der Waals surface area contributed by atoms with Crippen molar-refractivity contribution < 1.29 is 30.0 Å². The molecule has 0 radical (unpaired) electrons. The summed E-state index contributed by atoms with van der Waals surface area (Å²) >= 11 is 0. The van der Waals surface area contributed by atoms with Crippen molar-refractivity contribution in [2.45, 2.75) is 29.8 Å². The van der Waals surface area contributed by atoms with Gasteiger partial charge in [0.1, 0.15) is 0 Å². The van der Waals surface area contributed by atoms with Gasteiger partial charge in [0.05, 0.1) is 15.4 Å². The fraction of sp³-hybridized carbons (Fsp3) is 0.368. The molecule has 1 heterocycles. The van der Waals surface area contributed by atoms with E-state index in [1.807, 2.05) is 6.92 Å². The number of nitrogens with zero attached hydrogens (tertiary/aromatic N) is 2. The zero-order valence-electron chi connectivity index (χ0n) is 16.3. The fourth-order valence-corrected chi connectivity index (χ4v) is 6.39. The molecular weight excluding hydrogens is 441 g/mol. The lowest BCUT2D eigenvalue weighted by Crippen LogP contribution is -2.50. The first-order valence-corrected chi connectivity index (χ1v) is 12.0. The largest absolute Gasteiger partial charge is 0.416 e. The van der Waals surface area contributed by atoms with E-state index in [9.17, 15) is 30.0 Å². The molecule has 2 aromatic carbocycles. The van der Waals surface area contributed by atoms with Crippen LogP contribution in [0.3, 0.4) is 0 Å². The van der Waals surface area contributed by atoms with Gasteiger partial charge in [0, 0.05) is 26.2 Å². The van der Waals surface area contributed by atoms with E-state index in [0.717, 1.165) is 22.0 Å². The van der Waals surface area contributed by atoms with Crippen LogP contribution in [-0.2, 0) is 26.2 Å². The number of rotatable bonds is 4. The van der Waals surface area contributed by atoms with Crippen LogP contribution < -0.4 is 0 Å². The van der Waals surface area contributed by atoms with Gasteiger partial charge in [-0.1, -0.05) is 17.7 Å². The zero-order valence-corrected chi connectivity index (χ0v) is 18.0. The van der Waals surface area contributed by atoms with Gasteiger partial charge < -0.3 is 0 Å². The lowest BCUT2D eigenvalue weighted by atomic mass is 10.2. The number of piperazine rings is 1. The van der Waals surface area contributed by atoms with Gasteiger partial charge >= 0.3 is 6.18 Å². The number of hydrogen-bond donors (Lipinski definition) is 0. The summed E-state index contributed by atoms with van der Waals surface area (Å²) in [6.45, 7) is 3.28. The zero-order chi connectivity index (χ0) is 22.3. The van der Waals surface area contributed by atoms with Gasteiger partial charge in [-0.05, 0) is 49.7 Å². The summed E-state index contributed by atoms with van der Waals surface area (Å²) in [5, 5.41) is 0. The Morgan fingerprint density at radius 3 is 1.73 bits per heavy atom. The predicted octanol–water partition coefficient (Wildman–Crippen LogP) is 3.02. The van der Waals surface area contributed by atoms with E-state index in [4.69, 9.17) is 0 Å². The van der Waals surface area contributed by atoms with Crippen LogP contribution in [0.5, 0.6) is 0 Å².